The first kappa shape index (κ1) is 20.1. The maximum atomic E-state index is 14.8. The normalized spacial score (nSPS) is 18.9. The summed E-state index contributed by atoms with van der Waals surface area (Å²) < 4.78 is 25.8. The predicted molar refractivity (Wildman–Crippen MR) is 115 cm³/mol. The Balaban J connectivity index is 1.63. The number of pyridine rings is 2. The summed E-state index contributed by atoms with van der Waals surface area (Å²) in [4.78, 5) is 13.1. The van der Waals surface area contributed by atoms with Gasteiger partial charge in [0.25, 0.3) is 0 Å². The Labute approximate surface area is 180 Å². The lowest BCUT2D eigenvalue weighted by molar-refractivity contribution is 0.0222. The van der Waals surface area contributed by atoms with E-state index in [2.05, 4.69) is 19.8 Å². The second kappa shape index (κ2) is 8.74. The molecule has 4 heterocycles. The number of morpholine rings is 2. The average molecular weight is 424 g/mol. The minimum Gasteiger partial charge on any atom is -0.505 e. The van der Waals surface area contributed by atoms with E-state index in [9.17, 15) is 9.50 Å². The molecule has 2 aliphatic heterocycles. The molecule has 0 spiro atoms. The van der Waals surface area contributed by atoms with Crippen molar-refractivity contribution in [1.82, 2.24) is 14.9 Å². The van der Waals surface area contributed by atoms with Crippen LogP contribution in [0.4, 0.5) is 10.1 Å². The Morgan fingerprint density at radius 2 is 1.65 bits per heavy atom. The largest absolute Gasteiger partial charge is 0.505 e. The van der Waals surface area contributed by atoms with Crippen LogP contribution in [-0.4, -0.2) is 72.6 Å². The van der Waals surface area contributed by atoms with Gasteiger partial charge >= 0.3 is 0 Å². The number of aromatic nitrogens is 2. The van der Waals surface area contributed by atoms with Gasteiger partial charge < -0.3 is 19.5 Å². The molecule has 162 valence electrons. The lowest BCUT2D eigenvalue weighted by Gasteiger charge is -2.35. The molecule has 31 heavy (non-hydrogen) atoms. The van der Waals surface area contributed by atoms with E-state index in [1.165, 1.54) is 6.07 Å². The molecule has 2 saturated heterocycles. The Hall–Kier alpha value is -2.81. The van der Waals surface area contributed by atoms with Gasteiger partial charge in [0.15, 0.2) is 0 Å². The molecule has 8 heteroatoms. The number of fused-ring (bicyclic) bond motifs is 1. The standard InChI is InChI=1S/C23H25FN4O3/c24-18-2-1-6-25-21(18)22(28-10-14-31-15-11-28)17-4-3-16-19(27-8-12-30-13-9-27)5-7-26-20(16)23(17)29/h1-7,22,29H,8-15H2. The van der Waals surface area contributed by atoms with Crippen molar-refractivity contribution in [3.05, 3.63) is 59.8 Å². The number of benzene rings is 1. The van der Waals surface area contributed by atoms with E-state index in [0.29, 0.717) is 56.3 Å². The molecule has 1 N–H and O–H groups in total. The molecule has 7 nitrogen and oxygen atoms in total. The topological polar surface area (TPSA) is 71.0 Å². The van der Waals surface area contributed by atoms with Crippen LogP contribution in [0.1, 0.15) is 17.3 Å². The van der Waals surface area contributed by atoms with Gasteiger partial charge in [0.1, 0.15) is 17.1 Å². The Bertz CT molecular complexity index is 1070. The van der Waals surface area contributed by atoms with Crippen molar-refractivity contribution in [3.63, 3.8) is 0 Å². The number of phenolic OH excluding ortho intramolecular Hbond substituents is 1. The van der Waals surface area contributed by atoms with Gasteiger partial charge in [0.05, 0.1) is 38.2 Å². The van der Waals surface area contributed by atoms with E-state index in [1.807, 2.05) is 18.2 Å². The third-order valence-electron chi connectivity index (χ3n) is 6.00. The van der Waals surface area contributed by atoms with Gasteiger partial charge in [0, 0.05) is 55.2 Å². The number of aromatic hydroxyl groups is 1. The molecule has 0 amide bonds. The highest BCUT2D eigenvalue weighted by atomic mass is 19.1. The molecular weight excluding hydrogens is 399 g/mol. The van der Waals surface area contributed by atoms with Crippen LogP contribution in [0.3, 0.4) is 0 Å². The molecule has 0 saturated carbocycles. The lowest BCUT2D eigenvalue weighted by Crippen LogP contribution is -2.40. The van der Waals surface area contributed by atoms with Crippen LogP contribution in [0.15, 0.2) is 42.7 Å². The third kappa shape index (κ3) is 3.82. The fourth-order valence-electron chi connectivity index (χ4n) is 4.46. The summed E-state index contributed by atoms with van der Waals surface area (Å²) in [5.74, 6) is -0.331. The maximum absolute atomic E-state index is 14.8. The van der Waals surface area contributed by atoms with E-state index in [4.69, 9.17) is 9.47 Å². The quantitative estimate of drug-likeness (QED) is 0.691. The highest BCUT2D eigenvalue weighted by molar-refractivity contribution is 5.96. The van der Waals surface area contributed by atoms with Gasteiger partial charge in [-0.2, -0.15) is 0 Å². The van der Waals surface area contributed by atoms with E-state index < -0.39 is 11.9 Å². The van der Waals surface area contributed by atoms with Crippen LogP contribution < -0.4 is 4.90 Å². The van der Waals surface area contributed by atoms with Gasteiger partial charge in [-0.25, -0.2) is 4.39 Å². The van der Waals surface area contributed by atoms with Gasteiger partial charge in [-0.15, -0.1) is 0 Å². The monoisotopic (exact) mass is 424 g/mol. The van der Waals surface area contributed by atoms with Gasteiger partial charge in [-0.1, -0.05) is 12.1 Å². The molecule has 0 radical (unpaired) electrons. The Kier molecular flexibility index (Phi) is 5.67. The van der Waals surface area contributed by atoms with Crippen molar-refractivity contribution in [2.24, 2.45) is 0 Å². The van der Waals surface area contributed by atoms with E-state index >= 15 is 0 Å². The van der Waals surface area contributed by atoms with Crippen molar-refractivity contribution >= 4 is 16.6 Å². The second-order valence-corrected chi connectivity index (χ2v) is 7.75. The molecule has 2 aliphatic rings. The Morgan fingerprint density at radius 1 is 0.903 bits per heavy atom. The van der Waals surface area contributed by atoms with Crippen LogP contribution >= 0.6 is 0 Å². The van der Waals surface area contributed by atoms with Crippen LogP contribution in [-0.2, 0) is 9.47 Å². The maximum Gasteiger partial charge on any atom is 0.147 e. The SMILES string of the molecule is Oc1c(C(c2ncccc2F)N2CCOCC2)ccc2c(N3CCOCC3)ccnc12. The highest BCUT2D eigenvalue weighted by Gasteiger charge is 2.31. The smallest absolute Gasteiger partial charge is 0.147 e. The average Bonchev–Trinajstić information content (AvgIpc) is 2.83. The summed E-state index contributed by atoms with van der Waals surface area (Å²) in [7, 11) is 0. The van der Waals surface area contributed by atoms with Crippen LogP contribution in [0, 0.1) is 5.82 Å². The first-order valence-corrected chi connectivity index (χ1v) is 10.6. The predicted octanol–water partition coefficient (Wildman–Crippen LogP) is 2.73. The minimum atomic E-state index is -0.525. The molecule has 0 aliphatic carbocycles. The highest BCUT2D eigenvalue weighted by Crippen LogP contribution is 2.40. The van der Waals surface area contributed by atoms with Crippen molar-refractivity contribution in [2.45, 2.75) is 6.04 Å². The molecule has 1 atom stereocenters. The molecule has 1 unspecified atom stereocenters. The Morgan fingerprint density at radius 3 is 2.39 bits per heavy atom. The first-order valence-electron chi connectivity index (χ1n) is 10.6. The molecule has 3 aromatic rings. The zero-order valence-electron chi connectivity index (χ0n) is 17.2. The van der Waals surface area contributed by atoms with Gasteiger partial charge in [0.2, 0.25) is 0 Å². The molecule has 5 rings (SSSR count). The molecule has 2 fully saturated rings. The van der Waals surface area contributed by atoms with E-state index in [0.717, 1.165) is 24.2 Å². The summed E-state index contributed by atoms with van der Waals surface area (Å²) in [6.07, 6.45) is 3.29. The summed E-state index contributed by atoms with van der Waals surface area (Å²) in [5, 5.41) is 12.2. The van der Waals surface area contributed by atoms with Gasteiger partial charge in [-0.05, 0) is 18.2 Å². The zero-order valence-corrected chi connectivity index (χ0v) is 17.2. The number of rotatable bonds is 4. The number of ether oxygens (including phenoxy) is 2. The zero-order chi connectivity index (χ0) is 21.2. The number of anilines is 1. The second-order valence-electron chi connectivity index (χ2n) is 7.75. The molecular formula is C23H25FN4O3. The molecule has 2 aromatic heterocycles. The summed E-state index contributed by atoms with van der Waals surface area (Å²) in [6, 6.07) is 8.26. The van der Waals surface area contributed by atoms with Crippen LogP contribution in [0.2, 0.25) is 0 Å². The lowest BCUT2D eigenvalue weighted by atomic mass is 9.97. The number of halogens is 1. The first-order chi connectivity index (χ1) is 15.2. The van der Waals surface area contributed by atoms with Crippen molar-refractivity contribution in [3.8, 4) is 5.75 Å². The van der Waals surface area contributed by atoms with E-state index in [1.54, 1.807) is 18.5 Å². The number of hydrogen-bond donors (Lipinski definition) is 1. The fraction of sp³-hybridized carbons (Fsp3) is 0.391. The number of hydrogen-bond acceptors (Lipinski definition) is 7. The number of phenols is 1. The van der Waals surface area contributed by atoms with Crippen molar-refractivity contribution < 1.29 is 19.0 Å². The van der Waals surface area contributed by atoms with Crippen molar-refractivity contribution in [2.75, 3.05) is 57.5 Å². The van der Waals surface area contributed by atoms with Crippen molar-refractivity contribution in [1.29, 1.82) is 0 Å². The van der Waals surface area contributed by atoms with E-state index in [-0.39, 0.29) is 5.75 Å². The van der Waals surface area contributed by atoms with Crippen LogP contribution in [0.25, 0.3) is 10.9 Å². The minimum absolute atomic E-state index is 0.0640. The summed E-state index contributed by atoms with van der Waals surface area (Å²) in [6.45, 7) is 5.28. The van der Waals surface area contributed by atoms with Crippen LogP contribution in [0.5, 0.6) is 5.75 Å². The molecule has 1 aromatic carbocycles. The number of nitrogens with zero attached hydrogens (tertiary/aromatic N) is 4. The summed E-state index contributed by atoms with van der Waals surface area (Å²) >= 11 is 0. The third-order valence-corrected chi connectivity index (χ3v) is 6.00. The van der Waals surface area contributed by atoms with Gasteiger partial charge in [-0.3, -0.25) is 14.9 Å². The molecule has 0 bridgehead atoms. The summed E-state index contributed by atoms with van der Waals surface area (Å²) in [5.41, 5.74) is 2.42. The fourth-order valence-corrected chi connectivity index (χ4v) is 4.46.